The second kappa shape index (κ2) is 10.2. The zero-order valence-corrected chi connectivity index (χ0v) is 19.2. The van der Waals surface area contributed by atoms with Crippen LogP contribution in [-0.2, 0) is 6.54 Å². The number of aromatic nitrogens is 3. The van der Waals surface area contributed by atoms with Crippen molar-refractivity contribution in [3.63, 3.8) is 0 Å². The maximum absolute atomic E-state index is 13.7. The van der Waals surface area contributed by atoms with Gasteiger partial charge in [0.05, 0.1) is 26.5 Å². The maximum Gasteiger partial charge on any atom is 0.352 e. The number of methoxy groups -OCH3 is 2. The fraction of sp³-hybridized carbons (Fsp3) is 0.120. The summed E-state index contributed by atoms with van der Waals surface area (Å²) >= 11 is 0. The van der Waals surface area contributed by atoms with Crippen LogP contribution in [0.15, 0.2) is 76.3 Å². The molecule has 1 N–H and O–H groups in total. The molecule has 0 aliphatic rings. The van der Waals surface area contributed by atoms with Crippen LogP contribution in [0.5, 0.6) is 11.5 Å². The Morgan fingerprint density at radius 3 is 2.28 bits per heavy atom. The lowest BCUT2D eigenvalue weighted by Gasteiger charge is -2.14. The van der Waals surface area contributed by atoms with E-state index in [4.69, 9.17) is 9.47 Å². The van der Waals surface area contributed by atoms with Gasteiger partial charge in [-0.25, -0.2) is 13.6 Å². The van der Waals surface area contributed by atoms with Crippen LogP contribution >= 0.6 is 0 Å². The molecule has 0 bridgehead atoms. The van der Waals surface area contributed by atoms with Crippen molar-refractivity contribution in [1.29, 1.82) is 0 Å². The standard InChI is InChI=1S/C25H20F2N4O5/c1-35-20-10-9-19(13-21(20)36-2)31-25(34)30(14-15-5-3-6-16(26)11-15)24(33)22(29-31)23(32)28-18-8-4-7-17(27)12-18/h3-13H,14H2,1-2H3,(H,28,32). The van der Waals surface area contributed by atoms with E-state index >= 15 is 0 Å². The SMILES string of the molecule is COc1ccc(-n2nc(C(=O)Nc3cccc(F)c3)c(=O)n(Cc3cccc(F)c3)c2=O)cc1OC. The molecule has 0 saturated carbocycles. The number of carbonyl (C=O) groups is 1. The normalized spacial score (nSPS) is 10.7. The number of anilines is 1. The number of carbonyl (C=O) groups excluding carboxylic acids is 1. The summed E-state index contributed by atoms with van der Waals surface area (Å²) in [5, 5.41) is 6.41. The number of nitrogens with zero attached hydrogens (tertiary/aromatic N) is 3. The molecule has 1 aromatic heterocycles. The van der Waals surface area contributed by atoms with Gasteiger partial charge in [0.25, 0.3) is 11.5 Å². The summed E-state index contributed by atoms with van der Waals surface area (Å²) in [5.41, 5.74) is -1.94. The zero-order valence-electron chi connectivity index (χ0n) is 19.2. The van der Waals surface area contributed by atoms with E-state index in [1.807, 2.05) is 0 Å². The smallest absolute Gasteiger partial charge is 0.352 e. The van der Waals surface area contributed by atoms with Crippen LogP contribution in [0.1, 0.15) is 16.1 Å². The van der Waals surface area contributed by atoms with Crippen LogP contribution in [0.2, 0.25) is 0 Å². The lowest BCUT2D eigenvalue weighted by molar-refractivity contribution is 0.101. The molecule has 0 aliphatic carbocycles. The lowest BCUT2D eigenvalue weighted by atomic mass is 10.2. The Balaban J connectivity index is 1.88. The number of hydrogen-bond donors (Lipinski definition) is 1. The molecule has 11 heteroatoms. The maximum atomic E-state index is 13.7. The van der Waals surface area contributed by atoms with Crippen LogP contribution in [-0.4, -0.2) is 34.5 Å². The van der Waals surface area contributed by atoms with E-state index < -0.39 is 34.5 Å². The first-order valence-electron chi connectivity index (χ1n) is 10.6. The van der Waals surface area contributed by atoms with Gasteiger partial charge in [0.15, 0.2) is 11.5 Å². The number of hydrogen-bond acceptors (Lipinski definition) is 6. The van der Waals surface area contributed by atoms with Crippen LogP contribution in [0, 0.1) is 11.6 Å². The zero-order chi connectivity index (χ0) is 25.8. The second-order valence-electron chi connectivity index (χ2n) is 7.57. The van der Waals surface area contributed by atoms with Crippen molar-refractivity contribution in [2.24, 2.45) is 0 Å². The molecular weight excluding hydrogens is 474 g/mol. The van der Waals surface area contributed by atoms with Gasteiger partial charge in [0.1, 0.15) is 11.6 Å². The number of halogens is 2. The third kappa shape index (κ3) is 4.99. The summed E-state index contributed by atoms with van der Waals surface area (Å²) in [7, 11) is 2.84. The fourth-order valence-electron chi connectivity index (χ4n) is 3.50. The Bertz CT molecular complexity index is 1570. The van der Waals surface area contributed by atoms with E-state index in [0.717, 1.165) is 15.3 Å². The topological polar surface area (TPSA) is 104 Å². The highest BCUT2D eigenvalue weighted by Gasteiger charge is 2.21. The predicted octanol–water partition coefficient (Wildman–Crippen LogP) is 2.99. The van der Waals surface area contributed by atoms with E-state index in [2.05, 4.69) is 10.4 Å². The number of amides is 1. The predicted molar refractivity (Wildman–Crippen MR) is 127 cm³/mol. The molecule has 1 amide bonds. The van der Waals surface area contributed by atoms with Gasteiger partial charge in [-0.1, -0.05) is 18.2 Å². The first kappa shape index (κ1) is 24.3. The number of rotatable bonds is 7. The Hall–Kier alpha value is -4.80. The molecule has 1 heterocycles. The summed E-state index contributed by atoms with van der Waals surface area (Å²) in [6.07, 6.45) is 0. The van der Waals surface area contributed by atoms with Crippen LogP contribution in [0.3, 0.4) is 0 Å². The van der Waals surface area contributed by atoms with Gasteiger partial charge in [-0.05, 0) is 48.0 Å². The van der Waals surface area contributed by atoms with Crippen molar-refractivity contribution < 1.29 is 23.0 Å². The first-order valence-corrected chi connectivity index (χ1v) is 10.6. The fourth-order valence-corrected chi connectivity index (χ4v) is 3.50. The molecule has 3 aromatic carbocycles. The van der Waals surface area contributed by atoms with Gasteiger partial charge in [0, 0.05) is 11.8 Å². The summed E-state index contributed by atoms with van der Waals surface area (Å²) in [6, 6.07) is 14.9. The molecule has 9 nitrogen and oxygen atoms in total. The van der Waals surface area contributed by atoms with Crippen molar-refractivity contribution in [2.75, 3.05) is 19.5 Å². The van der Waals surface area contributed by atoms with Crippen molar-refractivity contribution in [3.05, 3.63) is 110 Å². The minimum atomic E-state index is -1.00. The van der Waals surface area contributed by atoms with Gasteiger partial charge in [-0.3, -0.25) is 14.2 Å². The van der Waals surface area contributed by atoms with Gasteiger partial charge >= 0.3 is 5.69 Å². The van der Waals surface area contributed by atoms with E-state index in [1.54, 1.807) is 0 Å². The Morgan fingerprint density at radius 1 is 0.917 bits per heavy atom. The molecule has 4 rings (SSSR count). The molecule has 0 spiro atoms. The summed E-state index contributed by atoms with van der Waals surface area (Å²) < 4.78 is 39.4. The highest BCUT2D eigenvalue weighted by Crippen LogP contribution is 2.28. The van der Waals surface area contributed by atoms with Crippen LogP contribution in [0.4, 0.5) is 14.5 Å². The quantitative estimate of drug-likeness (QED) is 0.424. The van der Waals surface area contributed by atoms with Crippen molar-refractivity contribution >= 4 is 11.6 Å². The third-order valence-corrected chi connectivity index (χ3v) is 5.20. The van der Waals surface area contributed by atoms with Crippen molar-refractivity contribution in [2.45, 2.75) is 6.54 Å². The number of ether oxygens (including phenoxy) is 2. The molecule has 4 aromatic rings. The lowest BCUT2D eigenvalue weighted by Crippen LogP contribution is -2.45. The van der Waals surface area contributed by atoms with Crippen LogP contribution in [0.25, 0.3) is 5.69 Å². The highest BCUT2D eigenvalue weighted by atomic mass is 19.1. The third-order valence-electron chi connectivity index (χ3n) is 5.20. The van der Waals surface area contributed by atoms with Gasteiger partial charge in [-0.15, -0.1) is 0 Å². The van der Waals surface area contributed by atoms with Crippen molar-refractivity contribution in [3.8, 4) is 17.2 Å². The molecule has 0 saturated heterocycles. The summed E-state index contributed by atoms with van der Waals surface area (Å²) in [6.45, 7) is -0.328. The van der Waals surface area contributed by atoms with Gasteiger partial charge in [-0.2, -0.15) is 9.78 Å². The average Bonchev–Trinajstić information content (AvgIpc) is 2.86. The molecular formula is C25H20F2N4O5. The molecule has 0 unspecified atom stereocenters. The Labute approximate surface area is 203 Å². The molecule has 184 valence electrons. The summed E-state index contributed by atoms with van der Waals surface area (Å²) in [5.74, 6) is -1.46. The largest absolute Gasteiger partial charge is 0.493 e. The summed E-state index contributed by atoms with van der Waals surface area (Å²) in [4.78, 5) is 39.5. The molecule has 0 aliphatic heterocycles. The molecule has 0 fully saturated rings. The number of nitrogens with one attached hydrogen (secondary N) is 1. The van der Waals surface area contributed by atoms with Gasteiger partial charge in [0.2, 0.25) is 5.69 Å². The van der Waals surface area contributed by atoms with Crippen LogP contribution < -0.4 is 26.0 Å². The minimum Gasteiger partial charge on any atom is -0.493 e. The molecule has 0 atom stereocenters. The van der Waals surface area contributed by atoms with E-state index in [0.29, 0.717) is 11.3 Å². The van der Waals surface area contributed by atoms with Gasteiger partial charge < -0.3 is 14.8 Å². The average molecular weight is 494 g/mol. The van der Waals surface area contributed by atoms with E-state index in [9.17, 15) is 23.2 Å². The van der Waals surface area contributed by atoms with E-state index in [1.165, 1.54) is 74.9 Å². The number of benzene rings is 3. The highest BCUT2D eigenvalue weighted by molar-refractivity contribution is 6.02. The Morgan fingerprint density at radius 2 is 1.61 bits per heavy atom. The monoisotopic (exact) mass is 494 g/mol. The van der Waals surface area contributed by atoms with Crippen molar-refractivity contribution in [1.82, 2.24) is 14.3 Å². The minimum absolute atomic E-state index is 0.0850. The molecule has 36 heavy (non-hydrogen) atoms. The molecule has 0 radical (unpaired) electrons. The van der Waals surface area contributed by atoms with E-state index in [-0.39, 0.29) is 23.7 Å². The Kier molecular flexibility index (Phi) is 6.91. The second-order valence-corrected chi connectivity index (χ2v) is 7.57. The first-order chi connectivity index (χ1) is 17.3.